The minimum atomic E-state index is -0.617. The summed E-state index contributed by atoms with van der Waals surface area (Å²) in [4.78, 5) is 19.1. The van der Waals surface area contributed by atoms with E-state index >= 15 is 0 Å². The Hall–Kier alpha value is -2.48. The maximum absolute atomic E-state index is 12.6. The summed E-state index contributed by atoms with van der Waals surface area (Å²) in [6, 6.07) is 6.31. The van der Waals surface area contributed by atoms with E-state index in [0.29, 0.717) is 31.3 Å². The first kappa shape index (κ1) is 17.0. The number of esters is 1. The molecular formula is C19H20N2O5. The summed E-state index contributed by atoms with van der Waals surface area (Å²) in [5, 5.41) is 9.91. The molecule has 1 atom stereocenters. The Labute approximate surface area is 151 Å². The van der Waals surface area contributed by atoms with Crippen molar-refractivity contribution in [2.75, 3.05) is 26.3 Å². The molecule has 0 amide bonds. The predicted octanol–water partition coefficient (Wildman–Crippen LogP) is 2.18. The van der Waals surface area contributed by atoms with Crippen LogP contribution in [0.3, 0.4) is 0 Å². The Morgan fingerprint density at radius 3 is 2.85 bits per heavy atom. The molecule has 0 spiro atoms. The van der Waals surface area contributed by atoms with Crippen LogP contribution in [-0.4, -0.2) is 47.3 Å². The van der Waals surface area contributed by atoms with E-state index in [1.54, 1.807) is 25.3 Å². The molecule has 4 rings (SSSR count). The van der Waals surface area contributed by atoms with Crippen molar-refractivity contribution in [1.29, 1.82) is 0 Å². The SMILES string of the molecule is Cc1ncc2c(c1OC(=O)c1ccccc1O)C(N1CCOCC1)OC2. The highest BCUT2D eigenvalue weighted by Crippen LogP contribution is 2.41. The van der Waals surface area contributed by atoms with Gasteiger partial charge in [0.1, 0.15) is 17.5 Å². The molecule has 3 heterocycles. The van der Waals surface area contributed by atoms with Gasteiger partial charge in [0.25, 0.3) is 0 Å². The lowest BCUT2D eigenvalue weighted by Crippen LogP contribution is -2.39. The number of hydrogen-bond acceptors (Lipinski definition) is 7. The van der Waals surface area contributed by atoms with E-state index in [4.69, 9.17) is 14.2 Å². The molecule has 2 aliphatic heterocycles. The Morgan fingerprint density at radius 1 is 1.31 bits per heavy atom. The number of aryl methyl sites for hydroxylation is 1. The van der Waals surface area contributed by atoms with Crippen LogP contribution in [0.25, 0.3) is 0 Å². The molecule has 1 aromatic carbocycles. The van der Waals surface area contributed by atoms with E-state index in [0.717, 1.165) is 24.2 Å². The normalized spacial score (nSPS) is 20.0. The molecular weight excluding hydrogens is 336 g/mol. The van der Waals surface area contributed by atoms with Gasteiger partial charge in [0, 0.05) is 30.4 Å². The Balaban J connectivity index is 1.68. The zero-order valence-corrected chi connectivity index (χ0v) is 14.5. The van der Waals surface area contributed by atoms with E-state index < -0.39 is 5.97 Å². The lowest BCUT2D eigenvalue weighted by atomic mass is 10.1. The first-order chi connectivity index (χ1) is 12.6. The third kappa shape index (κ3) is 3.05. The smallest absolute Gasteiger partial charge is 0.347 e. The highest BCUT2D eigenvalue weighted by Gasteiger charge is 2.35. The third-order valence-corrected chi connectivity index (χ3v) is 4.67. The number of para-hydroxylation sites is 1. The standard InChI is InChI=1S/C19H20N2O5/c1-12-17(26-19(23)14-4-2-3-5-15(14)22)16-13(10-20-12)11-25-18(16)21-6-8-24-9-7-21/h2-5,10,18,22H,6-9,11H2,1H3. The zero-order valence-electron chi connectivity index (χ0n) is 14.5. The van der Waals surface area contributed by atoms with E-state index in [2.05, 4.69) is 9.88 Å². The van der Waals surface area contributed by atoms with Gasteiger partial charge in [-0.05, 0) is 19.1 Å². The van der Waals surface area contributed by atoms with Crippen molar-refractivity contribution in [2.24, 2.45) is 0 Å². The van der Waals surface area contributed by atoms with Gasteiger partial charge in [0.2, 0.25) is 0 Å². The second-order valence-electron chi connectivity index (χ2n) is 6.33. The van der Waals surface area contributed by atoms with Crippen molar-refractivity contribution in [3.05, 3.63) is 52.8 Å². The van der Waals surface area contributed by atoms with Crippen LogP contribution >= 0.6 is 0 Å². The molecule has 1 fully saturated rings. The van der Waals surface area contributed by atoms with Crippen molar-refractivity contribution in [3.8, 4) is 11.5 Å². The number of carbonyl (C=O) groups is 1. The van der Waals surface area contributed by atoms with Gasteiger partial charge in [-0.15, -0.1) is 0 Å². The maximum Gasteiger partial charge on any atom is 0.347 e. The van der Waals surface area contributed by atoms with Crippen LogP contribution < -0.4 is 4.74 Å². The van der Waals surface area contributed by atoms with Gasteiger partial charge in [0.15, 0.2) is 5.75 Å². The molecule has 0 saturated carbocycles. The molecule has 136 valence electrons. The molecule has 0 aliphatic carbocycles. The average Bonchev–Trinajstić information content (AvgIpc) is 3.09. The summed E-state index contributed by atoms with van der Waals surface area (Å²) in [6.07, 6.45) is 1.48. The molecule has 1 unspecified atom stereocenters. The van der Waals surface area contributed by atoms with Crippen LogP contribution in [0.1, 0.15) is 33.4 Å². The Morgan fingerprint density at radius 2 is 2.08 bits per heavy atom. The van der Waals surface area contributed by atoms with Crippen LogP contribution in [0, 0.1) is 6.92 Å². The van der Waals surface area contributed by atoms with E-state index in [-0.39, 0.29) is 17.5 Å². The topological polar surface area (TPSA) is 81.1 Å². The number of phenols is 1. The van der Waals surface area contributed by atoms with Crippen LogP contribution in [0.5, 0.6) is 11.5 Å². The van der Waals surface area contributed by atoms with E-state index in [1.165, 1.54) is 12.1 Å². The van der Waals surface area contributed by atoms with Gasteiger partial charge < -0.3 is 19.3 Å². The predicted molar refractivity (Wildman–Crippen MR) is 92.0 cm³/mol. The fourth-order valence-corrected chi connectivity index (χ4v) is 3.30. The van der Waals surface area contributed by atoms with Gasteiger partial charge in [-0.1, -0.05) is 12.1 Å². The minimum Gasteiger partial charge on any atom is -0.507 e. The van der Waals surface area contributed by atoms with Crippen LogP contribution in [0.4, 0.5) is 0 Å². The molecule has 0 bridgehead atoms. The summed E-state index contributed by atoms with van der Waals surface area (Å²) in [5.74, 6) is -0.324. The van der Waals surface area contributed by atoms with Gasteiger partial charge in [-0.25, -0.2) is 4.79 Å². The summed E-state index contributed by atoms with van der Waals surface area (Å²) < 4.78 is 17.0. The molecule has 1 saturated heterocycles. The number of carbonyl (C=O) groups excluding carboxylic acids is 1. The highest BCUT2D eigenvalue weighted by molar-refractivity contribution is 5.94. The number of morpholine rings is 1. The largest absolute Gasteiger partial charge is 0.507 e. The van der Waals surface area contributed by atoms with Crippen LogP contribution in [0.2, 0.25) is 0 Å². The van der Waals surface area contributed by atoms with Gasteiger partial charge in [0.05, 0.1) is 25.5 Å². The number of ether oxygens (including phenoxy) is 3. The Kier molecular flexibility index (Phi) is 4.58. The number of aromatic hydroxyl groups is 1. The lowest BCUT2D eigenvalue weighted by molar-refractivity contribution is -0.0918. The fourth-order valence-electron chi connectivity index (χ4n) is 3.30. The molecule has 1 N–H and O–H groups in total. The molecule has 0 radical (unpaired) electrons. The average molecular weight is 356 g/mol. The number of aromatic nitrogens is 1. The second-order valence-corrected chi connectivity index (χ2v) is 6.33. The number of pyridine rings is 1. The van der Waals surface area contributed by atoms with Gasteiger partial charge in [-0.3, -0.25) is 9.88 Å². The van der Waals surface area contributed by atoms with Crippen molar-refractivity contribution < 1.29 is 24.1 Å². The number of rotatable bonds is 3. The first-order valence-corrected chi connectivity index (χ1v) is 8.57. The second kappa shape index (κ2) is 7.03. The first-order valence-electron chi connectivity index (χ1n) is 8.57. The zero-order chi connectivity index (χ0) is 18.1. The van der Waals surface area contributed by atoms with Gasteiger partial charge in [-0.2, -0.15) is 0 Å². The lowest BCUT2D eigenvalue weighted by Gasteiger charge is -2.32. The summed E-state index contributed by atoms with van der Waals surface area (Å²) in [7, 11) is 0. The fraction of sp³-hybridized carbons (Fsp3) is 0.368. The maximum atomic E-state index is 12.6. The summed E-state index contributed by atoms with van der Waals surface area (Å²) in [5.41, 5.74) is 2.47. The molecule has 26 heavy (non-hydrogen) atoms. The van der Waals surface area contributed by atoms with Crippen molar-refractivity contribution in [3.63, 3.8) is 0 Å². The monoisotopic (exact) mass is 356 g/mol. The number of phenolic OH excluding ortho intramolecular Hbond substituents is 1. The number of benzene rings is 1. The van der Waals surface area contributed by atoms with Crippen LogP contribution in [-0.2, 0) is 16.1 Å². The quantitative estimate of drug-likeness (QED) is 0.844. The van der Waals surface area contributed by atoms with Gasteiger partial charge >= 0.3 is 5.97 Å². The van der Waals surface area contributed by atoms with Crippen molar-refractivity contribution in [2.45, 2.75) is 19.8 Å². The van der Waals surface area contributed by atoms with Crippen molar-refractivity contribution in [1.82, 2.24) is 9.88 Å². The van der Waals surface area contributed by atoms with Crippen molar-refractivity contribution >= 4 is 5.97 Å². The van der Waals surface area contributed by atoms with E-state index in [1.807, 2.05) is 0 Å². The highest BCUT2D eigenvalue weighted by atomic mass is 16.5. The molecule has 2 aliphatic rings. The molecule has 1 aromatic heterocycles. The summed E-state index contributed by atoms with van der Waals surface area (Å²) >= 11 is 0. The minimum absolute atomic E-state index is 0.114. The number of hydrogen-bond donors (Lipinski definition) is 1. The van der Waals surface area contributed by atoms with E-state index in [9.17, 15) is 9.90 Å². The Bertz CT molecular complexity index is 833. The summed E-state index contributed by atoms with van der Waals surface area (Å²) in [6.45, 7) is 5.00. The molecule has 7 nitrogen and oxygen atoms in total. The molecule has 7 heteroatoms. The molecule has 2 aromatic rings. The third-order valence-electron chi connectivity index (χ3n) is 4.67. The number of fused-ring (bicyclic) bond motifs is 1. The number of nitrogens with zero attached hydrogens (tertiary/aromatic N) is 2. The van der Waals surface area contributed by atoms with Crippen LogP contribution in [0.15, 0.2) is 30.5 Å².